The van der Waals surface area contributed by atoms with Crippen LogP contribution in [0.5, 0.6) is 5.75 Å². The summed E-state index contributed by atoms with van der Waals surface area (Å²) in [4.78, 5) is 22.7. The van der Waals surface area contributed by atoms with Crippen molar-refractivity contribution in [1.29, 1.82) is 0 Å². The van der Waals surface area contributed by atoms with Crippen molar-refractivity contribution in [3.8, 4) is 5.75 Å². The summed E-state index contributed by atoms with van der Waals surface area (Å²) in [5.41, 5.74) is 0.921. The minimum absolute atomic E-state index is 0.130. The molecule has 1 aliphatic heterocycles. The Balaban J connectivity index is 1.52. The number of anilines is 1. The molecule has 0 spiro atoms. The largest absolute Gasteiger partial charge is 0.496 e. The van der Waals surface area contributed by atoms with Crippen molar-refractivity contribution < 1.29 is 9.53 Å². The van der Waals surface area contributed by atoms with E-state index in [0.29, 0.717) is 17.4 Å². The van der Waals surface area contributed by atoms with E-state index < -0.39 is 0 Å². The van der Waals surface area contributed by atoms with Crippen molar-refractivity contribution in [2.75, 3.05) is 25.5 Å². The zero-order valence-corrected chi connectivity index (χ0v) is 14.9. The summed E-state index contributed by atoms with van der Waals surface area (Å²) < 4.78 is 5.32. The van der Waals surface area contributed by atoms with Gasteiger partial charge in [0.2, 0.25) is 5.91 Å². The Labute approximate surface area is 152 Å². The quantitative estimate of drug-likeness (QED) is 0.888. The number of amides is 1. The first-order chi connectivity index (χ1) is 12.2. The lowest BCUT2D eigenvalue weighted by Gasteiger charge is -2.32. The second-order valence-electron chi connectivity index (χ2n) is 6.02. The van der Waals surface area contributed by atoms with Gasteiger partial charge in [0.25, 0.3) is 0 Å². The molecular formula is C18H21ClN4O2. The van der Waals surface area contributed by atoms with Gasteiger partial charge in [0, 0.05) is 24.7 Å². The SMILES string of the molecule is COc1ccccc1CC(=O)N1CCC(Nc2cncc(Cl)n2)CC1. The van der Waals surface area contributed by atoms with Crippen LogP contribution in [-0.2, 0) is 11.2 Å². The van der Waals surface area contributed by atoms with Gasteiger partial charge in [-0.1, -0.05) is 29.8 Å². The molecule has 132 valence electrons. The number of piperidine rings is 1. The van der Waals surface area contributed by atoms with Crippen LogP contribution >= 0.6 is 11.6 Å². The van der Waals surface area contributed by atoms with Gasteiger partial charge in [0.05, 0.1) is 25.9 Å². The van der Waals surface area contributed by atoms with E-state index in [2.05, 4.69) is 15.3 Å². The van der Waals surface area contributed by atoms with E-state index in [9.17, 15) is 4.79 Å². The van der Waals surface area contributed by atoms with Crippen LogP contribution in [0.3, 0.4) is 0 Å². The highest BCUT2D eigenvalue weighted by molar-refractivity contribution is 6.29. The first-order valence-electron chi connectivity index (χ1n) is 8.29. The molecule has 0 aliphatic carbocycles. The van der Waals surface area contributed by atoms with Crippen LogP contribution in [0, 0.1) is 0 Å². The van der Waals surface area contributed by atoms with Crippen LogP contribution in [0.2, 0.25) is 5.15 Å². The predicted octanol–water partition coefficient (Wildman–Crippen LogP) is 2.78. The molecule has 1 amide bonds. The first-order valence-corrected chi connectivity index (χ1v) is 8.67. The van der Waals surface area contributed by atoms with Gasteiger partial charge < -0.3 is 15.0 Å². The number of hydrogen-bond donors (Lipinski definition) is 1. The molecule has 1 aromatic carbocycles. The van der Waals surface area contributed by atoms with Crippen LogP contribution in [0.1, 0.15) is 18.4 Å². The third-order valence-electron chi connectivity index (χ3n) is 4.34. The molecular weight excluding hydrogens is 340 g/mol. The van der Waals surface area contributed by atoms with E-state index >= 15 is 0 Å². The first kappa shape index (κ1) is 17.5. The Kier molecular flexibility index (Phi) is 5.71. The molecule has 0 saturated carbocycles. The molecule has 3 rings (SSSR count). The van der Waals surface area contributed by atoms with Gasteiger partial charge in [-0.25, -0.2) is 4.98 Å². The molecule has 0 bridgehead atoms. The number of nitrogens with one attached hydrogen (secondary N) is 1. The number of likely N-dealkylation sites (tertiary alicyclic amines) is 1. The van der Waals surface area contributed by atoms with Gasteiger partial charge >= 0.3 is 0 Å². The fraction of sp³-hybridized carbons (Fsp3) is 0.389. The highest BCUT2D eigenvalue weighted by atomic mass is 35.5. The molecule has 6 nitrogen and oxygen atoms in total. The Morgan fingerprint density at radius 2 is 2.08 bits per heavy atom. The number of benzene rings is 1. The van der Waals surface area contributed by atoms with E-state index in [1.807, 2.05) is 29.2 Å². The Bertz CT molecular complexity index is 733. The van der Waals surface area contributed by atoms with Crippen LogP contribution in [0.25, 0.3) is 0 Å². The van der Waals surface area contributed by atoms with Crippen molar-refractivity contribution in [2.24, 2.45) is 0 Å². The lowest BCUT2D eigenvalue weighted by molar-refractivity contribution is -0.131. The molecule has 0 unspecified atom stereocenters. The number of carbonyl (C=O) groups is 1. The number of para-hydroxylation sites is 1. The second-order valence-corrected chi connectivity index (χ2v) is 6.40. The number of methoxy groups -OCH3 is 1. The highest BCUT2D eigenvalue weighted by Crippen LogP contribution is 2.21. The number of rotatable bonds is 5. The number of hydrogen-bond acceptors (Lipinski definition) is 5. The number of carbonyl (C=O) groups excluding carboxylic acids is 1. The van der Waals surface area contributed by atoms with Crippen molar-refractivity contribution in [3.63, 3.8) is 0 Å². The minimum atomic E-state index is 0.130. The van der Waals surface area contributed by atoms with Gasteiger partial charge in [0.15, 0.2) is 0 Å². The molecule has 1 saturated heterocycles. The smallest absolute Gasteiger partial charge is 0.227 e. The maximum Gasteiger partial charge on any atom is 0.227 e. The summed E-state index contributed by atoms with van der Waals surface area (Å²) >= 11 is 5.85. The Hall–Kier alpha value is -2.34. The van der Waals surface area contributed by atoms with E-state index in [1.165, 1.54) is 6.20 Å². The van der Waals surface area contributed by atoms with E-state index in [-0.39, 0.29) is 11.9 Å². The van der Waals surface area contributed by atoms with Crippen molar-refractivity contribution in [3.05, 3.63) is 47.4 Å². The van der Waals surface area contributed by atoms with Crippen LogP contribution < -0.4 is 10.1 Å². The number of aromatic nitrogens is 2. The third kappa shape index (κ3) is 4.60. The molecule has 7 heteroatoms. The topological polar surface area (TPSA) is 67.3 Å². The van der Waals surface area contributed by atoms with E-state index in [4.69, 9.17) is 16.3 Å². The zero-order valence-electron chi connectivity index (χ0n) is 14.1. The number of halogens is 1. The van der Waals surface area contributed by atoms with Crippen LogP contribution in [0.4, 0.5) is 5.82 Å². The van der Waals surface area contributed by atoms with E-state index in [0.717, 1.165) is 37.2 Å². The molecule has 1 aliphatic rings. The molecule has 2 heterocycles. The molecule has 25 heavy (non-hydrogen) atoms. The summed E-state index contributed by atoms with van der Waals surface area (Å²) in [5, 5.41) is 3.70. The lowest BCUT2D eigenvalue weighted by atomic mass is 10.0. The summed E-state index contributed by atoms with van der Waals surface area (Å²) in [6, 6.07) is 7.91. The van der Waals surface area contributed by atoms with Gasteiger partial charge in [-0.05, 0) is 18.9 Å². The summed E-state index contributed by atoms with van der Waals surface area (Å²) in [7, 11) is 1.62. The molecule has 1 aromatic heterocycles. The standard InChI is InChI=1S/C18H21ClN4O2/c1-25-15-5-3-2-4-13(15)10-18(24)23-8-6-14(7-9-23)21-17-12-20-11-16(19)22-17/h2-5,11-12,14H,6-10H2,1H3,(H,21,22). The number of nitrogens with zero attached hydrogens (tertiary/aromatic N) is 3. The molecule has 2 aromatic rings. The van der Waals surface area contributed by atoms with Crippen LogP contribution in [-0.4, -0.2) is 47.0 Å². The Morgan fingerprint density at radius 1 is 1.32 bits per heavy atom. The normalized spacial score (nSPS) is 15.0. The Morgan fingerprint density at radius 3 is 2.80 bits per heavy atom. The lowest BCUT2D eigenvalue weighted by Crippen LogP contribution is -2.43. The summed E-state index contributed by atoms with van der Waals surface area (Å²) in [6.07, 6.45) is 5.26. The fourth-order valence-corrected chi connectivity index (χ4v) is 3.17. The van der Waals surface area contributed by atoms with Crippen molar-refractivity contribution in [1.82, 2.24) is 14.9 Å². The average molecular weight is 361 g/mol. The van der Waals surface area contributed by atoms with E-state index in [1.54, 1.807) is 13.3 Å². The molecule has 1 N–H and O–H groups in total. The summed E-state index contributed by atoms with van der Waals surface area (Å²) in [6.45, 7) is 1.44. The molecule has 1 fully saturated rings. The zero-order chi connectivity index (χ0) is 17.6. The van der Waals surface area contributed by atoms with Gasteiger partial charge in [-0.2, -0.15) is 0 Å². The number of ether oxygens (including phenoxy) is 1. The van der Waals surface area contributed by atoms with Crippen molar-refractivity contribution in [2.45, 2.75) is 25.3 Å². The highest BCUT2D eigenvalue weighted by Gasteiger charge is 2.23. The van der Waals surface area contributed by atoms with Gasteiger partial charge in [-0.3, -0.25) is 9.78 Å². The third-order valence-corrected chi connectivity index (χ3v) is 4.52. The maximum atomic E-state index is 12.6. The minimum Gasteiger partial charge on any atom is -0.496 e. The monoisotopic (exact) mass is 360 g/mol. The fourth-order valence-electron chi connectivity index (χ4n) is 3.02. The van der Waals surface area contributed by atoms with Crippen molar-refractivity contribution >= 4 is 23.3 Å². The summed E-state index contributed by atoms with van der Waals surface area (Å²) in [5.74, 6) is 1.56. The maximum absolute atomic E-state index is 12.6. The molecule has 0 atom stereocenters. The van der Waals surface area contributed by atoms with Crippen LogP contribution in [0.15, 0.2) is 36.7 Å². The molecule has 0 radical (unpaired) electrons. The van der Waals surface area contributed by atoms with Gasteiger partial charge in [0.1, 0.15) is 16.7 Å². The van der Waals surface area contributed by atoms with Gasteiger partial charge in [-0.15, -0.1) is 0 Å². The second kappa shape index (κ2) is 8.16. The predicted molar refractivity (Wildman–Crippen MR) is 97.0 cm³/mol. The average Bonchev–Trinajstić information content (AvgIpc) is 2.63.